The Balaban J connectivity index is 4.30. The summed E-state index contributed by atoms with van der Waals surface area (Å²) in [6.45, 7) is 4.68. The van der Waals surface area contributed by atoms with Gasteiger partial charge in [0.05, 0.1) is 40.3 Å². The number of unbranched alkanes of at least 4 members (excludes halogenated alkanes) is 23. The topological polar surface area (TPSA) is 111 Å². The molecule has 0 saturated carbocycles. The lowest BCUT2D eigenvalue weighted by Gasteiger charge is -2.26. The second-order valence-corrected chi connectivity index (χ2v) is 17.4. The van der Waals surface area contributed by atoms with Crippen LogP contribution in [-0.2, 0) is 33.3 Å². The summed E-state index contributed by atoms with van der Waals surface area (Å²) in [7, 11) is 5.91. The van der Waals surface area contributed by atoms with E-state index in [9.17, 15) is 19.5 Å². The lowest BCUT2D eigenvalue weighted by atomic mass is 10.0. The van der Waals surface area contributed by atoms with Crippen molar-refractivity contribution in [3.8, 4) is 0 Å². The summed E-state index contributed by atoms with van der Waals surface area (Å²) in [5.41, 5.74) is 0. The maximum absolute atomic E-state index is 12.8. The monoisotopic (exact) mass is 834 g/mol. The number of hydrogen-bond acceptors (Lipinski definition) is 8. The van der Waals surface area contributed by atoms with Gasteiger partial charge in [-0.3, -0.25) is 9.59 Å². The van der Waals surface area contributed by atoms with Gasteiger partial charge >= 0.3 is 11.9 Å². The maximum atomic E-state index is 12.8. The molecule has 0 radical (unpaired) electrons. The molecule has 0 aromatic heterocycles. The number of hydrogen-bond donors (Lipinski definition) is 0. The highest BCUT2D eigenvalue weighted by molar-refractivity contribution is 5.70. The highest BCUT2D eigenvalue weighted by atomic mass is 16.7. The summed E-state index contributed by atoms with van der Waals surface area (Å²) >= 11 is 0. The summed E-state index contributed by atoms with van der Waals surface area (Å²) in [6, 6.07) is 0. The molecule has 344 valence electrons. The van der Waals surface area contributed by atoms with Crippen LogP contribution in [0.2, 0.25) is 0 Å². The van der Waals surface area contributed by atoms with E-state index in [-0.39, 0.29) is 38.6 Å². The van der Waals surface area contributed by atoms with E-state index < -0.39 is 24.3 Å². The van der Waals surface area contributed by atoms with Gasteiger partial charge in [-0.1, -0.05) is 166 Å². The molecule has 0 aliphatic rings. The maximum Gasteiger partial charge on any atom is 0.306 e. The van der Waals surface area contributed by atoms with Crippen LogP contribution in [-0.4, -0.2) is 82.3 Å². The largest absolute Gasteiger partial charge is 0.545 e. The summed E-state index contributed by atoms with van der Waals surface area (Å²) in [5.74, 6) is -2.30. The number of likely N-dealkylation sites (N-methyl/N-ethyl adjacent to an activating group) is 1. The highest BCUT2D eigenvalue weighted by Crippen LogP contribution is 2.15. The van der Waals surface area contributed by atoms with Gasteiger partial charge in [-0.25, -0.2) is 0 Å². The number of nitrogens with zero attached hydrogens (tertiary/aromatic N) is 1. The van der Waals surface area contributed by atoms with Gasteiger partial charge in [0.2, 0.25) is 0 Å². The Kier molecular flexibility index (Phi) is 40.4. The van der Waals surface area contributed by atoms with Crippen molar-refractivity contribution in [2.45, 2.75) is 219 Å². The molecule has 0 aliphatic heterocycles. The van der Waals surface area contributed by atoms with E-state index in [4.69, 9.17) is 18.9 Å². The molecule has 0 aliphatic carbocycles. The summed E-state index contributed by atoms with van der Waals surface area (Å²) in [5, 5.41) is 11.7. The minimum Gasteiger partial charge on any atom is -0.545 e. The van der Waals surface area contributed by atoms with Crippen molar-refractivity contribution >= 4 is 17.9 Å². The number of carbonyl (C=O) groups excluding carboxylic acids is 3. The zero-order valence-electron chi connectivity index (χ0n) is 38.9. The number of esters is 2. The minimum atomic E-state index is -1.62. The Labute approximate surface area is 362 Å². The van der Waals surface area contributed by atoms with Crippen LogP contribution in [0.15, 0.2) is 36.5 Å². The van der Waals surface area contributed by atoms with E-state index >= 15 is 0 Å². The SMILES string of the molecule is CCCC/C=C\CCCCCCCC(=O)OCC(COC(OCC[N+](C)(C)C)C(=O)[O-])OC(=O)CCCCCCCCCCCCC/C=C\C/C=C\CCCCCCC. The molecule has 2 unspecified atom stereocenters. The fourth-order valence-electron chi connectivity index (χ4n) is 6.55. The molecule has 0 aromatic rings. The van der Waals surface area contributed by atoms with Crippen molar-refractivity contribution in [1.29, 1.82) is 0 Å². The van der Waals surface area contributed by atoms with Gasteiger partial charge in [0.15, 0.2) is 12.4 Å². The molecule has 0 rings (SSSR count). The van der Waals surface area contributed by atoms with Crippen LogP contribution in [0, 0.1) is 0 Å². The first-order chi connectivity index (χ1) is 28.6. The predicted molar refractivity (Wildman–Crippen MR) is 242 cm³/mol. The third-order valence-electron chi connectivity index (χ3n) is 10.4. The first-order valence-electron chi connectivity index (χ1n) is 24.1. The molecular weight excluding hydrogens is 743 g/mol. The molecule has 0 aromatic carbocycles. The van der Waals surface area contributed by atoms with Crippen LogP contribution < -0.4 is 5.11 Å². The number of rotatable bonds is 44. The summed E-state index contributed by atoms with van der Waals surface area (Å²) in [4.78, 5) is 37.0. The van der Waals surface area contributed by atoms with Crippen molar-refractivity contribution in [2.24, 2.45) is 0 Å². The predicted octanol–water partition coefficient (Wildman–Crippen LogP) is 11.7. The molecule has 0 bridgehead atoms. The molecule has 9 heteroatoms. The van der Waals surface area contributed by atoms with Crippen molar-refractivity contribution < 1.29 is 42.9 Å². The van der Waals surface area contributed by atoms with Crippen LogP contribution in [0.25, 0.3) is 0 Å². The van der Waals surface area contributed by atoms with Crippen LogP contribution in [0.1, 0.15) is 206 Å². The van der Waals surface area contributed by atoms with Gasteiger partial charge in [-0.05, 0) is 64.2 Å². The Morgan fingerprint density at radius 3 is 1.41 bits per heavy atom. The number of carboxylic acid groups (broad SMARTS) is 1. The van der Waals surface area contributed by atoms with Gasteiger partial charge in [-0.15, -0.1) is 0 Å². The molecule has 0 fully saturated rings. The zero-order chi connectivity index (χ0) is 43.5. The average molecular weight is 834 g/mol. The Bertz CT molecular complexity index is 1070. The van der Waals surface area contributed by atoms with Crippen molar-refractivity contribution in [1.82, 2.24) is 0 Å². The quantitative estimate of drug-likeness (QED) is 0.0196. The molecule has 0 saturated heterocycles. The number of carboxylic acids is 1. The highest BCUT2D eigenvalue weighted by Gasteiger charge is 2.21. The first-order valence-corrected chi connectivity index (χ1v) is 24.1. The van der Waals surface area contributed by atoms with Crippen LogP contribution in [0.3, 0.4) is 0 Å². The molecule has 9 nitrogen and oxygen atoms in total. The van der Waals surface area contributed by atoms with Gasteiger partial charge in [0.1, 0.15) is 13.2 Å². The van der Waals surface area contributed by atoms with Crippen LogP contribution >= 0.6 is 0 Å². The molecule has 0 heterocycles. The third kappa shape index (κ3) is 43.4. The van der Waals surface area contributed by atoms with E-state index in [0.29, 0.717) is 17.4 Å². The van der Waals surface area contributed by atoms with E-state index in [0.717, 1.165) is 70.6 Å². The molecule has 0 spiro atoms. The Morgan fingerprint density at radius 2 is 0.932 bits per heavy atom. The summed E-state index contributed by atoms with van der Waals surface area (Å²) < 4.78 is 22.5. The number of allylic oxidation sites excluding steroid dienone is 6. The fraction of sp³-hybridized carbons (Fsp3) is 0.820. The molecule has 59 heavy (non-hydrogen) atoms. The van der Waals surface area contributed by atoms with E-state index in [1.807, 2.05) is 21.1 Å². The molecular formula is C50H91NO8. The Hall–Kier alpha value is -2.49. The van der Waals surface area contributed by atoms with Crippen molar-refractivity contribution in [2.75, 3.05) is 47.5 Å². The number of aliphatic carboxylic acids is 1. The second-order valence-electron chi connectivity index (χ2n) is 17.4. The minimum absolute atomic E-state index is 0.146. The number of carbonyl (C=O) groups is 3. The van der Waals surface area contributed by atoms with E-state index in [2.05, 4.69) is 50.3 Å². The fourth-order valence-corrected chi connectivity index (χ4v) is 6.55. The molecule has 2 atom stereocenters. The van der Waals surface area contributed by atoms with Crippen LogP contribution in [0.5, 0.6) is 0 Å². The summed E-state index contributed by atoms with van der Waals surface area (Å²) in [6.07, 6.45) is 44.7. The number of ether oxygens (including phenoxy) is 4. The average Bonchev–Trinajstić information content (AvgIpc) is 3.19. The van der Waals surface area contributed by atoms with Gasteiger partial charge in [0, 0.05) is 12.8 Å². The lowest BCUT2D eigenvalue weighted by molar-refractivity contribution is -0.870. The van der Waals surface area contributed by atoms with Gasteiger partial charge in [-0.2, -0.15) is 0 Å². The normalized spacial score (nSPS) is 13.2. The first kappa shape index (κ1) is 56.5. The zero-order valence-corrected chi connectivity index (χ0v) is 38.9. The van der Waals surface area contributed by atoms with Gasteiger partial charge < -0.3 is 33.3 Å². The van der Waals surface area contributed by atoms with E-state index in [1.165, 1.54) is 103 Å². The lowest BCUT2D eigenvalue weighted by Crippen LogP contribution is -2.44. The standard InChI is InChI=1S/C50H91NO8/c1-6-8-10-12-14-16-18-19-20-21-22-23-24-25-26-27-28-29-31-33-35-37-39-41-48(53)59-46(45-58-50(49(54)55)56-43-42-51(3,4)5)44-57-47(52)40-38-36-34-32-30-17-15-13-11-9-7-2/h13,15,18-19,21-22,46,50H,6-12,14,16-17,20,23-45H2,1-5H3/b15-13-,19-18-,22-21-. The number of quaternary nitrogens is 1. The van der Waals surface area contributed by atoms with E-state index in [1.54, 1.807) is 0 Å². The molecule has 0 amide bonds. The molecule has 0 N–H and O–H groups in total. The second kappa shape index (κ2) is 42.2. The van der Waals surface area contributed by atoms with Crippen molar-refractivity contribution in [3.63, 3.8) is 0 Å². The van der Waals surface area contributed by atoms with Crippen LogP contribution in [0.4, 0.5) is 0 Å². The Morgan fingerprint density at radius 1 is 0.508 bits per heavy atom. The van der Waals surface area contributed by atoms with Gasteiger partial charge in [0.25, 0.3) is 0 Å². The van der Waals surface area contributed by atoms with Crippen molar-refractivity contribution in [3.05, 3.63) is 36.5 Å². The smallest absolute Gasteiger partial charge is 0.306 e. The third-order valence-corrected chi connectivity index (χ3v) is 10.4.